The van der Waals surface area contributed by atoms with Gasteiger partial charge < -0.3 is 29.5 Å². The van der Waals surface area contributed by atoms with Crippen LogP contribution in [-0.4, -0.2) is 82.8 Å². The van der Waals surface area contributed by atoms with E-state index in [1.54, 1.807) is 6.08 Å². The number of hydrogen-bond donors (Lipinski definition) is 4. The molecule has 1 unspecified atom stereocenters. The lowest BCUT2D eigenvalue weighted by Gasteiger charge is -2.18. The Morgan fingerprint density at radius 3 is 2.29 bits per heavy atom. The van der Waals surface area contributed by atoms with Crippen molar-refractivity contribution in [2.24, 2.45) is 0 Å². The van der Waals surface area contributed by atoms with E-state index < -0.39 is 23.3 Å². The van der Waals surface area contributed by atoms with E-state index in [1.807, 2.05) is 29.7 Å². The summed E-state index contributed by atoms with van der Waals surface area (Å²) in [4.78, 5) is 0. The minimum Gasteiger partial charge on any atom is -0.491 e. The number of hydrogen-bond acceptors (Lipinski definition) is 11. The summed E-state index contributed by atoms with van der Waals surface area (Å²) in [7, 11) is -4.30. The van der Waals surface area contributed by atoms with Gasteiger partial charge >= 0.3 is 10.4 Å². The predicted molar refractivity (Wildman–Crippen MR) is 131 cm³/mol. The summed E-state index contributed by atoms with van der Waals surface area (Å²) in [5.74, 6) is 0.674. The Bertz CT molecular complexity index is 712. The highest BCUT2D eigenvalue weighted by Gasteiger charge is 2.16. The van der Waals surface area contributed by atoms with Crippen molar-refractivity contribution < 1.29 is 46.4 Å². The van der Waals surface area contributed by atoms with Crippen molar-refractivity contribution in [2.75, 3.05) is 53.0 Å². The molecule has 35 heavy (non-hydrogen) atoms. The zero-order valence-electron chi connectivity index (χ0n) is 20.5. The van der Waals surface area contributed by atoms with Crippen molar-refractivity contribution in [2.45, 2.75) is 45.1 Å². The maximum atomic E-state index is 11.5. The lowest BCUT2D eigenvalue weighted by molar-refractivity contribution is -0.0855. The fourth-order valence-electron chi connectivity index (χ4n) is 2.34. The van der Waals surface area contributed by atoms with Crippen LogP contribution >= 0.6 is 0 Å². The van der Waals surface area contributed by atoms with Gasteiger partial charge in [0.15, 0.2) is 6.79 Å². The molecule has 0 amide bonds. The molecule has 0 aliphatic heterocycles. The maximum absolute atomic E-state index is 11.5. The van der Waals surface area contributed by atoms with E-state index in [1.165, 1.54) is 5.56 Å². The number of aryl methyl sites for hydroxylation is 1. The molecular formula is C23H41NO10S. The summed E-state index contributed by atoms with van der Waals surface area (Å²) >= 11 is 0. The molecule has 0 spiro atoms. The molecule has 0 saturated heterocycles. The average molecular weight is 524 g/mol. The molecule has 0 radical (unpaired) electrons. The Balaban J connectivity index is 0.00000170. The van der Waals surface area contributed by atoms with E-state index in [2.05, 4.69) is 22.0 Å². The van der Waals surface area contributed by atoms with Crippen molar-refractivity contribution in [3.05, 3.63) is 42.5 Å². The van der Waals surface area contributed by atoms with Crippen molar-refractivity contribution in [3.63, 3.8) is 0 Å². The quantitative estimate of drug-likeness (QED) is 0.0802. The number of ether oxygens (including phenoxy) is 3. The average Bonchev–Trinajstić information content (AvgIpc) is 2.85. The van der Waals surface area contributed by atoms with Gasteiger partial charge in [0.1, 0.15) is 18.5 Å². The zero-order chi connectivity index (χ0) is 26.2. The molecule has 0 saturated carbocycles. The summed E-state index contributed by atoms with van der Waals surface area (Å²) in [5, 5.41) is 24.8. The Hall–Kier alpha value is -1.61. The summed E-state index contributed by atoms with van der Waals surface area (Å²) in [6, 6.07) is 7.80. The van der Waals surface area contributed by atoms with Crippen LogP contribution in [0.3, 0.4) is 0 Å². The molecule has 0 aromatic heterocycles. The van der Waals surface area contributed by atoms with Crippen LogP contribution in [0.4, 0.5) is 0 Å². The third-order valence-electron chi connectivity index (χ3n) is 4.15. The van der Waals surface area contributed by atoms with E-state index in [4.69, 9.17) is 29.5 Å². The van der Waals surface area contributed by atoms with Gasteiger partial charge in [-0.3, -0.25) is 0 Å². The maximum Gasteiger partial charge on any atom is 0.418 e. The first kappa shape index (κ1) is 33.4. The summed E-state index contributed by atoms with van der Waals surface area (Å²) in [6.45, 7) is 5.80. The van der Waals surface area contributed by atoms with Crippen LogP contribution in [0.2, 0.25) is 0 Å². The van der Waals surface area contributed by atoms with Crippen LogP contribution in [0.1, 0.15) is 38.2 Å². The smallest absolute Gasteiger partial charge is 0.418 e. The van der Waals surface area contributed by atoms with Crippen molar-refractivity contribution >= 4 is 10.4 Å². The number of nitrogens with one attached hydrogen (secondary N) is 1. The third kappa shape index (κ3) is 20.3. The molecular weight excluding hydrogens is 482 g/mol. The molecule has 1 rings (SSSR count). The third-order valence-corrected chi connectivity index (χ3v) is 4.86. The van der Waals surface area contributed by atoms with Crippen LogP contribution in [0.15, 0.2) is 36.9 Å². The van der Waals surface area contributed by atoms with E-state index in [0.29, 0.717) is 12.4 Å². The fourth-order valence-corrected chi connectivity index (χ4v) is 2.79. The Labute approximate surface area is 208 Å². The standard InChI is InChI=1S/C19H31NO8S.C4H10O2/c1-3-5-6-17-7-9-18(10-8-17)25-15-19(14-24-13-4-2)26-16-27-29(22,23)28-20-11-12-21;5-3-1-2-4-6/h4,7-10,19-21H,2-3,5-6,11-16H2,1H3;5-6H,1-4H2. The van der Waals surface area contributed by atoms with Gasteiger partial charge in [-0.15, -0.1) is 6.58 Å². The lowest BCUT2D eigenvalue weighted by Crippen LogP contribution is -2.30. The summed E-state index contributed by atoms with van der Waals surface area (Å²) in [5.41, 5.74) is 3.29. The minimum absolute atomic E-state index is 0.0630. The van der Waals surface area contributed by atoms with Gasteiger partial charge in [-0.05, 0) is 43.4 Å². The van der Waals surface area contributed by atoms with Gasteiger partial charge in [0.25, 0.3) is 0 Å². The number of aliphatic hydroxyl groups is 3. The first-order chi connectivity index (χ1) is 16.9. The van der Waals surface area contributed by atoms with Crippen LogP contribution in [0, 0.1) is 0 Å². The zero-order valence-corrected chi connectivity index (χ0v) is 21.3. The topological polar surface area (TPSA) is 153 Å². The highest BCUT2D eigenvalue weighted by Crippen LogP contribution is 2.14. The summed E-state index contributed by atoms with van der Waals surface area (Å²) < 4.78 is 48.3. The van der Waals surface area contributed by atoms with E-state index >= 15 is 0 Å². The SMILES string of the molecule is C=CCOCC(COc1ccc(CCCC)cc1)OCOS(=O)(=O)ONCCO.OCCCCO. The largest absolute Gasteiger partial charge is 0.491 e. The first-order valence-electron chi connectivity index (χ1n) is 11.6. The van der Waals surface area contributed by atoms with Crippen LogP contribution in [-0.2, 0) is 34.8 Å². The lowest BCUT2D eigenvalue weighted by atomic mass is 10.1. The molecule has 12 heteroatoms. The highest BCUT2D eigenvalue weighted by molar-refractivity contribution is 7.81. The Morgan fingerprint density at radius 2 is 1.71 bits per heavy atom. The second kappa shape index (κ2) is 22.8. The second-order valence-corrected chi connectivity index (χ2v) is 8.39. The molecule has 11 nitrogen and oxygen atoms in total. The van der Waals surface area contributed by atoms with Crippen molar-refractivity contribution in [1.29, 1.82) is 0 Å². The molecule has 0 aliphatic rings. The molecule has 1 aromatic carbocycles. The molecule has 0 bridgehead atoms. The molecule has 1 atom stereocenters. The van der Waals surface area contributed by atoms with Gasteiger partial charge in [0, 0.05) is 19.8 Å². The molecule has 0 fully saturated rings. The van der Waals surface area contributed by atoms with Gasteiger partial charge in [-0.25, -0.2) is 4.18 Å². The number of hydroxylamine groups is 1. The van der Waals surface area contributed by atoms with Crippen LogP contribution in [0.25, 0.3) is 0 Å². The normalized spacial score (nSPS) is 12.0. The Kier molecular flexibility index (Phi) is 21.8. The molecule has 4 N–H and O–H groups in total. The number of rotatable bonds is 21. The van der Waals surface area contributed by atoms with Crippen LogP contribution < -0.4 is 10.2 Å². The van der Waals surface area contributed by atoms with E-state index in [0.717, 1.165) is 32.1 Å². The molecule has 1 aromatic rings. The minimum atomic E-state index is -4.30. The number of aliphatic hydroxyl groups excluding tert-OH is 3. The molecule has 0 heterocycles. The molecule has 204 valence electrons. The highest BCUT2D eigenvalue weighted by atomic mass is 32.3. The summed E-state index contributed by atoms with van der Waals surface area (Å²) in [6.07, 6.45) is 5.76. The van der Waals surface area contributed by atoms with Gasteiger partial charge in [-0.1, -0.05) is 31.6 Å². The molecule has 0 aliphatic carbocycles. The van der Waals surface area contributed by atoms with Gasteiger partial charge in [0.2, 0.25) is 0 Å². The van der Waals surface area contributed by atoms with Crippen molar-refractivity contribution in [3.8, 4) is 5.75 Å². The van der Waals surface area contributed by atoms with Crippen LogP contribution in [0.5, 0.6) is 5.75 Å². The monoisotopic (exact) mass is 523 g/mol. The van der Waals surface area contributed by atoms with Gasteiger partial charge in [0.05, 0.1) is 19.8 Å². The predicted octanol–water partition coefficient (Wildman–Crippen LogP) is 1.48. The van der Waals surface area contributed by atoms with Crippen molar-refractivity contribution in [1.82, 2.24) is 5.48 Å². The van der Waals surface area contributed by atoms with Gasteiger partial charge in [-0.2, -0.15) is 18.2 Å². The Morgan fingerprint density at radius 1 is 1.03 bits per heavy atom. The first-order valence-corrected chi connectivity index (χ1v) is 12.9. The fraction of sp³-hybridized carbons (Fsp3) is 0.652. The van der Waals surface area contributed by atoms with E-state index in [9.17, 15) is 8.42 Å². The van der Waals surface area contributed by atoms with E-state index in [-0.39, 0.29) is 39.6 Å². The second-order valence-electron chi connectivity index (χ2n) is 7.17. The number of unbranched alkanes of at least 4 members (excludes halogenated alkanes) is 2. The number of benzene rings is 1.